The molecule has 4 N–H and O–H groups in total. The number of hydrogen-bond acceptors (Lipinski definition) is 4. The standard InChI is InChI=1S/C27H36O4/c1-14(2)25(7)13-27(19-10-17(29)11-20(30)22(19)25)23-18(9-16(28)12-21(23)31)26(8,15(3)4)24(27,5)6/h9-12,14-15,28-31H,13H2,1-8H3. The van der Waals surface area contributed by atoms with Crippen LogP contribution in [0.1, 0.15) is 84.1 Å². The molecule has 0 fully saturated rings. The van der Waals surface area contributed by atoms with Crippen LogP contribution in [0.5, 0.6) is 23.0 Å². The lowest BCUT2D eigenvalue weighted by molar-refractivity contribution is 0.0631. The van der Waals surface area contributed by atoms with Crippen LogP contribution in [0.2, 0.25) is 0 Å². The van der Waals surface area contributed by atoms with Gasteiger partial charge < -0.3 is 20.4 Å². The molecule has 2 aromatic rings. The van der Waals surface area contributed by atoms with Crippen LogP contribution in [-0.4, -0.2) is 20.4 Å². The van der Waals surface area contributed by atoms with Crippen molar-refractivity contribution >= 4 is 0 Å². The van der Waals surface area contributed by atoms with Crippen LogP contribution >= 0.6 is 0 Å². The first-order valence-corrected chi connectivity index (χ1v) is 11.3. The normalized spacial score (nSPS) is 30.9. The number of rotatable bonds is 2. The van der Waals surface area contributed by atoms with E-state index in [0.29, 0.717) is 6.42 Å². The second-order valence-corrected chi connectivity index (χ2v) is 11.4. The zero-order valence-corrected chi connectivity index (χ0v) is 20.0. The van der Waals surface area contributed by atoms with Crippen LogP contribution in [0.25, 0.3) is 0 Å². The lowest BCUT2D eigenvalue weighted by Gasteiger charge is -2.51. The Morgan fingerprint density at radius 3 is 1.65 bits per heavy atom. The van der Waals surface area contributed by atoms with Crippen LogP contribution in [0.3, 0.4) is 0 Å². The maximum Gasteiger partial charge on any atom is 0.123 e. The van der Waals surface area contributed by atoms with Gasteiger partial charge in [0.25, 0.3) is 0 Å². The van der Waals surface area contributed by atoms with Crippen LogP contribution in [-0.2, 0) is 16.2 Å². The summed E-state index contributed by atoms with van der Waals surface area (Å²) < 4.78 is 0. The van der Waals surface area contributed by atoms with E-state index in [1.54, 1.807) is 12.1 Å². The molecule has 31 heavy (non-hydrogen) atoms. The summed E-state index contributed by atoms with van der Waals surface area (Å²) in [7, 11) is 0. The van der Waals surface area contributed by atoms with E-state index in [1.807, 2.05) is 0 Å². The summed E-state index contributed by atoms with van der Waals surface area (Å²) in [5.41, 5.74) is 1.78. The van der Waals surface area contributed by atoms with Gasteiger partial charge in [0.05, 0.1) is 0 Å². The number of phenolic OH excluding ortho intramolecular Hbond substituents is 4. The summed E-state index contributed by atoms with van der Waals surface area (Å²) in [5.74, 6) is 0.718. The molecule has 0 saturated carbocycles. The molecule has 0 radical (unpaired) electrons. The van der Waals surface area contributed by atoms with Crippen molar-refractivity contribution in [2.75, 3.05) is 0 Å². The Morgan fingerprint density at radius 1 is 0.677 bits per heavy atom. The van der Waals surface area contributed by atoms with E-state index in [2.05, 4.69) is 55.4 Å². The first-order valence-electron chi connectivity index (χ1n) is 11.3. The van der Waals surface area contributed by atoms with Gasteiger partial charge in [0, 0.05) is 34.1 Å². The van der Waals surface area contributed by atoms with Crippen molar-refractivity contribution < 1.29 is 20.4 Å². The average molecular weight is 425 g/mol. The minimum Gasteiger partial charge on any atom is -0.508 e. The van der Waals surface area contributed by atoms with Crippen molar-refractivity contribution in [3.05, 3.63) is 46.5 Å². The molecule has 0 amide bonds. The Labute approximate surface area is 185 Å². The summed E-state index contributed by atoms with van der Waals surface area (Å²) in [6.07, 6.45) is 0.699. The fourth-order valence-electron chi connectivity index (χ4n) is 7.15. The van der Waals surface area contributed by atoms with Crippen molar-refractivity contribution in [2.24, 2.45) is 17.3 Å². The summed E-state index contributed by atoms with van der Waals surface area (Å²) >= 11 is 0. The van der Waals surface area contributed by atoms with Gasteiger partial charge in [-0.05, 0) is 52.3 Å². The molecule has 2 aliphatic rings. The molecule has 168 valence electrons. The van der Waals surface area contributed by atoms with Gasteiger partial charge in [-0.25, -0.2) is 0 Å². The molecule has 4 rings (SSSR count). The maximum absolute atomic E-state index is 11.3. The molecule has 3 atom stereocenters. The number of fused-ring (bicyclic) bond motifs is 4. The fraction of sp³-hybridized carbons (Fsp3) is 0.556. The topological polar surface area (TPSA) is 80.9 Å². The molecule has 4 nitrogen and oxygen atoms in total. The predicted molar refractivity (Wildman–Crippen MR) is 123 cm³/mol. The second-order valence-electron chi connectivity index (χ2n) is 11.4. The summed E-state index contributed by atoms with van der Waals surface area (Å²) in [6.45, 7) is 17.6. The van der Waals surface area contributed by atoms with Gasteiger partial charge in [0.15, 0.2) is 0 Å². The Morgan fingerprint density at radius 2 is 1.16 bits per heavy atom. The minimum absolute atomic E-state index is 0.0254. The second kappa shape index (κ2) is 6.11. The van der Waals surface area contributed by atoms with E-state index in [1.165, 1.54) is 12.1 Å². The van der Waals surface area contributed by atoms with E-state index in [-0.39, 0.29) is 51.1 Å². The highest BCUT2D eigenvalue weighted by Gasteiger charge is 2.70. The highest BCUT2D eigenvalue weighted by molar-refractivity contribution is 5.70. The average Bonchev–Trinajstić information content (AvgIpc) is 2.98. The highest BCUT2D eigenvalue weighted by Crippen LogP contribution is 2.75. The predicted octanol–water partition coefficient (Wildman–Crippen LogP) is 6.07. The van der Waals surface area contributed by atoms with Crippen molar-refractivity contribution in [2.45, 2.75) is 78.1 Å². The van der Waals surface area contributed by atoms with E-state index in [0.717, 1.165) is 22.3 Å². The molecular weight excluding hydrogens is 388 g/mol. The largest absolute Gasteiger partial charge is 0.508 e. The summed E-state index contributed by atoms with van der Waals surface area (Å²) in [6, 6.07) is 6.45. The Bertz CT molecular complexity index is 1080. The molecule has 0 bridgehead atoms. The van der Waals surface area contributed by atoms with Gasteiger partial charge in [-0.1, -0.05) is 55.4 Å². The molecule has 3 unspecified atom stereocenters. The molecule has 2 aliphatic carbocycles. The number of hydrogen-bond donors (Lipinski definition) is 4. The third kappa shape index (κ3) is 2.26. The van der Waals surface area contributed by atoms with Gasteiger partial charge in [-0.15, -0.1) is 0 Å². The van der Waals surface area contributed by atoms with Crippen LogP contribution < -0.4 is 0 Å². The zero-order valence-electron chi connectivity index (χ0n) is 20.0. The van der Waals surface area contributed by atoms with Crippen molar-refractivity contribution in [3.63, 3.8) is 0 Å². The lowest BCUT2D eigenvalue weighted by atomic mass is 9.51. The van der Waals surface area contributed by atoms with E-state index >= 15 is 0 Å². The van der Waals surface area contributed by atoms with Gasteiger partial charge in [0.1, 0.15) is 23.0 Å². The molecule has 0 heterocycles. The number of phenols is 4. The molecule has 1 spiro atoms. The minimum atomic E-state index is -0.635. The quantitative estimate of drug-likeness (QED) is 0.472. The van der Waals surface area contributed by atoms with E-state index in [9.17, 15) is 20.4 Å². The smallest absolute Gasteiger partial charge is 0.123 e. The summed E-state index contributed by atoms with van der Waals surface area (Å²) in [5, 5.41) is 43.3. The Hall–Kier alpha value is -2.36. The zero-order chi connectivity index (χ0) is 23.3. The van der Waals surface area contributed by atoms with Crippen LogP contribution in [0.4, 0.5) is 0 Å². The Balaban J connectivity index is 2.24. The maximum atomic E-state index is 11.3. The highest BCUT2D eigenvalue weighted by atomic mass is 16.3. The van der Waals surface area contributed by atoms with Crippen molar-refractivity contribution in [3.8, 4) is 23.0 Å². The van der Waals surface area contributed by atoms with Crippen LogP contribution in [0, 0.1) is 17.3 Å². The number of benzene rings is 2. The Kier molecular flexibility index (Phi) is 4.31. The molecule has 0 saturated heterocycles. The van der Waals surface area contributed by atoms with Gasteiger partial charge in [0.2, 0.25) is 0 Å². The van der Waals surface area contributed by atoms with Crippen molar-refractivity contribution in [1.82, 2.24) is 0 Å². The molecular formula is C27H36O4. The molecule has 0 aromatic heterocycles. The number of aromatic hydroxyl groups is 4. The molecule has 0 aliphatic heterocycles. The fourth-order valence-corrected chi connectivity index (χ4v) is 7.15. The molecule has 2 aromatic carbocycles. The van der Waals surface area contributed by atoms with Gasteiger partial charge in [-0.3, -0.25) is 0 Å². The first-order chi connectivity index (χ1) is 14.2. The third-order valence-electron chi connectivity index (χ3n) is 9.65. The summed E-state index contributed by atoms with van der Waals surface area (Å²) in [4.78, 5) is 0. The van der Waals surface area contributed by atoms with Gasteiger partial charge >= 0.3 is 0 Å². The third-order valence-corrected chi connectivity index (χ3v) is 9.65. The SMILES string of the molecule is CC(C)C1(C)CC2(c3cc(O)cc(O)c31)c1c(O)cc(O)cc1C(C)(C(C)C)C2(C)C. The molecule has 4 heteroatoms. The van der Waals surface area contributed by atoms with Crippen LogP contribution in [0.15, 0.2) is 24.3 Å². The first kappa shape index (κ1) is 21.9. The van der Waals surface area contributed by atoms with E-state index < -0.39 is 5.41 Å². The van der Waals surface area contributed by atoms with E-state index in [4.69, 9.17) is 0 Å². The van der Waals surface area contributed by atoms with Crippen molar-refractivity contribution in [1.29, 1.82) is 0 Å². The lowest BCUT2D eigenvalue weighted by Crippen LogP contribution is -2.50. The monoisotopic (exact) mass is 424 g/mol. The van der Waals surface area contributed by atoms with Gasteiger partial charge in [-0.2, -0.15) is 0 Å².